The van der Waals surface area contributed by atoms with Crippen molar-refractivity contribution in [1.82, 2.24) is 14.7 Å². The van der Waals surface area contributed by atoms with E-state index in [-0.39, 0.29) is 6.03 Å². The van der Waals surface area contributed by atoms with Crippen LogP contribution < -0.4 is 0 Å². The highest BCUT2D eigenvalue weighted by molar-refractivity contribution is 5.74. The Labute approximate surface area is 105 Å². The molecule has 0 aromatic rings. The van der Waals surface area contributed by atoms with Gasteiger partial charge in [-0.2, -0.15) is 0 Å². The maximum absolute atomic E-state index is 12.3. The number of carbonyl (C=O) groups is 1. The molecule has 0 saturated carbocycles. The highest BCUT2D eigenvalue weighted by Crippen LogP contribution is 2.18. The molecule has 0 radical (unpaired) electrons. The molecule has 0 aromatic carbocycles. The van der Waals surface area contributed by atoms with E-state index in [1.807, 2.05) is 9.80 Å². The highest BCUT2D eigenvalue weighted by Gasteiger charge is 2.29. The third-order valence-corrected chi connectivity index (χ3v) is 4.28. The van der Waals surface area contributed by atoms with Gasteiger partial charge in [0.25, 0.3) is 0 Å². The summed E-state index contributed by atoms with van der Waals surface area (Å²) in [6.45, 7) is 9.11. The van der Waals surface area contributed by atoms with Crippen LogP contribution in [0.2, 0.25) is 0 Å². The van der Waals surface area contributed by atoms with Crippen LogP contribution in [0.25, 0.3) is 0 Å². The molecule has 0 N–H and O–H groups in total. The van der Waals surface area contributed by atoms with E-state index in [1.165, 1.54) is 0 Å². The van der Waals surface area contributed by atoms with Crippen LogP contribution in [0.15, 0.2) is 0 Å². The predicted molar refractivity (Wildman–Crippen MR) is 69.0 cm³/mol. The van der Waals surface area contributed by atoms with Gasteiger partial charge in [0.05, 0.1) is 0 Å². The molecular formula is C13H25N3O. The fraction of sp³-hybridized carbons (Fsp3) is 0.923. The van der Waals surface area contributed by atoms with Gasteiger partial charge in [-0.1, -0.05) is 6.92 Å². The van der Waals surface area contributed by atoms with Gasteiger partial charge in [0.15, 0.2) is 0 Å². The van der Waals surface area contributed by atoms with Crippen molar-refractivity contribution in [2.45, 2.75) is 32.7 Å². The number of piperidine rings is 1. The van der Waals surface area contributed by atoms with Gasteiger partial charge in [0.1, 0.15) is 0 Å². The van der Waals surface area contributed by atoms with Gasteiger partial charge in [-0.15, -0.1) is 0 Å². The number of likely N-dealkylation sites (tertiary alicyclic amines) is 1. The van der Waals surface area contributed by atoms with Crippen molar-refractivity contribution in [1.29, 1.82) is 0 Å². The normalized spacial score (nSPS) is 28.5. The van der Waals surface area contributed by atoms with Crippen molar-refractivity contribution in [3.05, 3.63) is 0 Å². The van der Waals surface area contributed by atoms with Crippen LogP contribution in [0, 0.1) is 5.92 Å². The Kier molecular flexibility index (Phi) is 3.92. The van der Waals surface area contributed by atoms with E-state index in [1.54, 1.807) is 0 Å². The predicted octanol–water partition coefficient (Wildman–Crippen LogP) is 1.47. The number of amides is 2. The average molecular weight is 239 g/mol. The van der Waals surface area contributed by atoms with Crippen LogP contribution in [0.4, 0.5) is 4.79 Å². The van der Waals surface area contributed by atoms with Crippen LogP contribution >= 0.6 is 0 Å². The van der Waals surface area contributed by atoms with Crippen molar-refractivity contribution in [2.24, 2.45) is 5.92 Å². The maximum Gasteiger partial charge on any atom is 0.320 e. The molecule has 0 bridgehead atoms. The molecule has 98 valence electrons. The number of piperazine rings is 1. The molecule has 1 atom stereocenters. The Balaban J connectivity index is 1.87. The van der Waals surface area contributed by atoms with Crippen LogP contribution in [0.3, 0.4) is 0 Å². The number of hydrogen-bond donors (Lipinski definition) is 0. The van der Waals surface area contributed by atoms with E-state index >= 15 is 0 Å². The van der Waals surface area contributed by atoms with E-state index < -0.39 is 0 Å². The SMILES string of the molecule is CC1CCN(C(=O)N2CCN(C)C(C)C2)CC1. The lowest BCUT2D eigenvalue weighted by molar-refractivity contribution is 0.0880. The lowest BCUT2D eigenvalue weighted by Crippen LogP contribution is -2.56. The molecule has 2 aliphatic rings. The lowest BCUT2D eigenvalue weighted by Gasteiger charge is -2.41. The fourth-order valence-corrected chi connectivity index (χ4v) is 2.62. The zero-order chi connectivity index (χ0) is 12.4. The van der Waals surface area contributed by atoms with Gasteiger partial charge < -0.3 is 14.7 Å². The number of likely N-dealkylation sites (N-methyl/N-ethyl adjacent to an activating group) is 1. The Morgan fingerprint density at radius 1 is 1.00 bits per heavy atom. The molecule has 1 unspecified atom stereocenters. The second-order valence-corrected chi connectivity index (χ2v) is 5.73. The molecule has 2 heterocycles. The van der Waals surface area contributed by atoms with Gasteiger partial charge in [0, 0.05) is 38.8 Å². The zero-order valence-electron chi connectivity index (χ0n) is 11.4. The molecule has 2 saturated heterocycles. The topological polar surface area (TPSA) is 26.8 Å². The molecular weight excluding hydrogens is 214 g/mol. The van der Waals surface area contributed by atoms with Crippen LogP contribution in [0.1, 0.15) is 26.7 Å². The van der Waals surface area contributed by atoms with Crippen molar-refractivity contribution < 1.29 is 4.79 Å². The summed E-state index contributed by atoms with van der Waals surface area (Å²) in [6.07, 6.45) is 2.32. The Hall–Kier alpha value is -0.770. The zero-order valence-corrected chi connectivity index (χ0v) is 11.4. The van der Waals surface area contributed by atoms with E-state index in [0.29, 0.717) is 6.04 Å². The van der Waals surface area contributed by atoms with Gasteiger partial charge in [-0.25, -0.2) is 4.79 Å². The van der Waals surface area contributed by atoms with E-state index in [4.69, 9.17) is 0 Å². The smallest absolute Gasteiger partial charge is 0.320 e. The maximum atomic E-state index is 12.3. The minimum absolute atomic E-state index is 0.261. The van der Waals surface area contributed by atoms with E-state index in [2.05, 4.69) is 25.8 Å². The molecule has 0 aliphatic carbocycles. The molecule has 17 heavy (non-hydrogen) atoms. The number of urea groups is 1. The van der Waals surface area contributed by atoms with Gasteiger partial charge in [-0.3, -0.25) is 0 Å². The first kappa shape index (κ1) is 12.7. The second-order valence-electron chi connectivity index (χ2n) is 5.73. The van der Waals surface area contributed by atoms with Crippen molar-refractivity contribution in [2.75, 3.05) is 39.8 Å². The molecule has 4 nitrogen and oxygen atoms in total. The van der Waals surface area contributed by atoms with Gasteiger partial charge in [-0.05, 0) is 32.7 Å². The summed E-state index contributed by atoms with van der Waals surface area (Å²) < 4.78 is 0. The summed E-state index contributed by atoms with van der Waals surface area (Å²) in [5, 5.41) is 0. The lowest BCUT2D eigenvalue weighted by atomic mass is 9.99. The molecule has 2 amide bonds. The Bertz CT molecular complexity index is 274. The molecule has 2 fully saturated rings. The first-order chi connectivity index (χ1) is 8.08. The van der Waals surface area contributed by atoms with Crippen LogP contribution in [-0.2, 0) is 0 Å². The molecule has 0 spiro atoms. The van der Waals surface area contributed by atoms with E-state index in [9.17, 15) is 4.79 Å². The first-order valence-electron chi connectivity index (χ1n) is 6.82. The monoisotopic (exact) mass is 239 g/mol. The minimum atomic E-state index is 0.261. The van der Waals surface area contributed by atoms with Crippen molar-refractivity contribution in [3.8, 4) is 0 Å². The summed E-state index contributed by atoms with van der Waals surface area (Å²) in [5.41, 5.74) is 0. The van der Waals surface area contributed by atoms with Gasteiger partial charge in [0.2, 0.25) is 0 Å². The second kappa shape index (κ2) is 5.25. The Morgan fingerprint density at radius 3 is 2.24 bits per heavy atom. The number of rotatable bonds is 0. The summed E-state index contributed by atoms with van der Waals surface area (Å²) in [6, 6.07) is 0.744. The molecule has 2 aliphatic heterocycles. The largest absolute Gasteiger partial charge is 0.325 e. The highest BCUT2D eigenvalue weighted by atomic mass is 16.2. The van der Waals surface area contributed by atoms with E-state index in [0.717, 1.165) is 51.5 Å². The molecule has 2 rings (SSSR count). The summed E-state index contributed by atoms with van der Waals surface area (Å²) in [4.78, 5) is 18.7. The van der Waals surface area contributed by atoms with Gasteiger partial charge >= 0.3 is 6.03 Å². The third kappa shape index (κ3) is 2.92. The average Bonchev–Trinajstić information content (AvgIpc) is 2.33. The van der Waals surface area contributed by atoms with Crippen LogP contribution in [0.5, 0.6) is 0 Å². The van der Waals surface area contributed by atoms with Crippen molar-refractivity contribution in [3.63, 3.8) is 0 Å². The Morgan fingerprint density at radius 2 is 1.65 bits per heavy atom. The van der Waals surface area contributed by atoms with Crippen LogP contribution in [-0.4, -0.2) is 66.5 Å². The molecule has 0 aromatic heterocycles. The third-order valence-electron chi connectivity index (χ3n) is 4.28. The number of hydrogen-bond acceptors (Lipinski definition) is 2. The standard InChI is InChI=1S/C13H25N3O/c1-11-4-6-15(7-5-11)13(17)16-9-8-14(3)12(2)10-16/h11-12H,4-10H2,1-3H3. The first-order valence-corrected chi connectivity index (χ1v) is 6.82. The summed E-state index contributed by atoms with van der Waals surface area (Å²) >= 11 is 0. The minimum Gasteiger partial charge on any atom is -0.325 e. The number of carbonyl (C=O) groups excluding carboxylic acids is 1. The number of nitrogens with zero attached hydrogens (tertiary/aromatic N) is 3. The quantitative estimate of drug-likeness (QED) is 0.640. The summed E-state index contributed by atoms with van der Waals surface area (Å²) in [5.74, 6) is 0.783. The molecule has 4 heteroatoms. The summed E-state index contributed by atoms with van der Waals surface area (Å²) in [7, 11) is 2.13. The van der Waals surface area contributed by atoms with Crippen molar-refractivity contribution >= 4 is 6.03 Å². The fourth-order valence-electron chi connectivity index (χ4n) is 2.62.